The van der Waals surface area contributed by atoms with Crippen LogP contribution in [-0.4, -0.2) is 14.4 Å². The lowest BCUT2D eigenvalue weighted by atomic mass is 9.88. The Kier molecular flexibility index (Phi) is 3.49. The van der Waals surface area contributed by atoms with Gasteiger partial charge in [-0.25, -0.2) is 4.98 Å². The Balaban J connectivity index is 2.28. The molecule has 0 aromatic carbocycles. The van der Waals surface area contributed by atoms with Crippen molar-refractivity contribution in [2.45, 2.75) is 39.2 Å². The van der Waals surface area contributed by atoms with Gasteiger partial charge in [-0.15, -0.1) is 0 Å². The third-order valence-corrected chi connectivity index (χ3v) is 3.85. The zero-order chi connectivity index (χ0) is 15.9. The molecule has 3 aromatic heterocycles. The second-order valence-electron chi connectivity index (χ2n) is 6.79. The van der Waals surface area contributed by atoms with Crippen LogP contribution in [0.15, 0.2) is 42.9 Å². The summed E-state index contributed by atoms with van der Waals surface area (Å²) in [5.74, 6) is 0. The van der Waals surface area contributed by atoms with Crippen LogP contribution >= 0.6 is 0 Å². The van der Waals surface area contributed by atoms with E-state index in [0.717, 1.165) is 22.6 Å². The molecule has 3 aromatic rings. The van der Waals surface area contributed by atoms with Crippen molar-refractivity contribution in [2.24, 2.45) is 5.73 Å². The van der Waals surface area contributed by atoms with Gasteiger partial charge in [0.25, 0.3) is 0 Å². The number of imidazole rings is 1. The average molecular weight is 294 g/mol. The highest BCUT2D eigenvalue weighted by atomic mass is 15.0. The highest BCUT2D eigenvalue weighted by Crippen LogP contribution is 2.32. The van der Waals surface area contributed by atoms with Gasteiger partial charge in [0.05, 0.1) is 17.4 Å². The van der Waals surface area contributed by atoms with Gasteiger partial charge in [-0.2, -0.15) is 0 Å². The standard InChI is InChI=1S/C18H22N4/c1-12-7-8-14-21-17(18(2,3)4)16(22(14)11-12)15(19)13-6-5-9-20-10-13/h5-11,15H,19H2,1-4H3. The molecule has 0 fully saturated rings. The zero-order valence-electron chi connectivity index (χ0n) is 13.5. The van der Waals surface area contributed by atoms with E-state index in [2.05, 4.69) is 49.3 Å². The van der Waals surface area contributed by atoms with Gasteiger partial charge in [-0.3, -0.25) is 4.98 Å². The van der Waals surface area contributed by atoms with Gasteiger partial charge in [0.1, 0.15) is 5.65 Å². The molecule has 0 amide bonds. The molecule has 0 bridgehead atoms. The summed E-state index contributed by atoms with van der Waals surface area (Å²) in [5, 5.41) is 0. The molecule has 4 nitrogen and oxygen atoms in total. The van der Waals surface area contributed by atoms with Crippen molar-refractivity contribution in [2.75, 3.05) is 0 Å². The second-order valence-corrected chi connectivity index (χ2v) is 6.79. The van der Waals surface area contributed by atoms with Crippen LogP contribution in [0.2, 0.25) is 0 Å². The molecule has 2 N–H and O–H groups in total. The molecule has 0 saturated carbocycles. The van der Waals surface area contributed by atoms with Gasteiger partial charge in [-0.05, 0) is 30.2 Å². The molecule has 0 spiro atoms. The maximum absolute atomic E-state index is 6.57. The number of fused-ring (bicyclic) bond motifs is 1. The topological polar surface area (TPSA) is 56.2 Å². The molecule has 0 saturated heterocycles. The lowest BCUT2D eigenvalue weighted by Gasteiger charge is -2.21. The largest absolute Gasteiger partial charge is 0.319 e. The fraction of sp³-hybridized carbons (Fsp3) is 0.333. The molecule has 1 atom stereocenters. The summed E-state index contributed by atoms with van der Waals surface area (Å²) >= 11 is 0. The van der Waals surface area contributed by atoms with Gasteiger partial charge >= 0.3 is 0 Å². The monoisotopic (exact) mass is 294 g/mol. The molecule has 3 rings (SSSR count). The molecule has 3 heterocycles. The highest BCUT2D eigenvalue weighted by molar-refractivity contribution is 5.48. The first-order valence-corrected chi connectivity index (χ1v) is 7.52. The zero-order valence-corrected chi connectivity index (χ0v) is 13.5. The van der Waals surface area contributed by atoms with Crippen molar-refractivity contribution in [3.05, 3.63) is 65.4 Å². The van der Waals surface area contributed by atoms with Crippen LogP contribution in [0.3, 0.4) is 0 Å². The van der Waals surface area contributed by atoms with Gasteiger partial charge in [0.15, 0.2) is 0 Å². The van der Waals surface area contributed by atoms with Crippen LogP contribution in [0.1, 0.15) is 49.3 Å². The third-order valence-electron chi connectivity index (χ3n) is 3.85. The van der Waals surface area contributed by atoms with Gasteiger partial charge in [0.2, 0.25) is 0 Å². The summed E-state index contributed by atoms with van der Waals surface area (Å²) in [6.07, 6.45) is 5.69. The predicted molar refractivity (Wildman–Crippen MR) is 88.9 cm³/mol. The summed E-state index contributed by atoms with van der Waals surface area (Å²) in [6, 6.07) is 7.80. The van der Waals surface area contributed by atoms with Crippen LogP contribution in [0, 0.1) is 6.92 Å². The van der Waals surface area contributed by atoms with Crippen molar-refractivity contribution in [1.29, 1.82) is 0 Å². The Morgan fingerprint density at radius 1 is 1.18 bits per heavy atom. The van der Waals surface area contributed by atoms with Crippen LogP contribution in [-0.2, 0) is 5.41 Å². The molecule has 22 heavy (non-hydrogen) atoms. The molecule has 0 radical (unpaired) electrons. The summed E-state index contributed by atoms with van der Waals surface area (Å²) in [7, 11) is 0. The average Bonchev–Trinajstić information content (AvgIpc) is 2.86. The van der Waals surface area contributed by atoms with Gasteiger partial charge in [0, 0.05) is 24.0 Å². The number of nitrogens with two attached hydrogens (primary N) is 1. The van der Waals surface area contributed by atoms with Crippen LogP contribution in [0.25, 0.3) is 5.65 Å². The number of nitrogens with zero attached hydrogens (tertiary/aromatic N) is 3. The molecular formula is C18H22N4. The van der Waals surface area contributed by atoms with Gasteiger partial charge in [-0.1, -0.05) is 32.9 Å². The first-order chi connectivity index (χ1) is 10.4. The van der Waals surface area contributed by atoms with E-state index >= 15 is 0 Å². The van der Waals surface area contributed by atoms with Crippen LogP contribution in [0.4, 0.5) is 0 Å². The predicted octanol–water partition coefficient (Wildman–Crippen LogP) is 3.38. The molecule has 1 unspecified atom stereocenters. The van der Waals surface area contributed by atoms with E-state index in [9.17, 15) is 0 Å². The summed E-state index contributed by atoms with van der Waals surface area (Å²) in [4.78, 5) is 9.03. The lowest BCUT2D eigenvalue weighted by Crippen LogP contribution is -2.22. The Morgan fingerprint density at radius 3 is 2.59 bits per heavy atom. The van der Waals surface area contributed by atoms with Crippen LogP contribution in [0.5, 0.6) is 0 Å². The van der Waals surface area contributed by atoms with E-state index in [1.165, 1.54) is 5.56 Å². The normalized spacial score (nSPS) is 13.5. The van der Waals surface area contributed by atoms with Crippen molar-refractivity contribution in [3.63, 3.8) is 0 Å². The highest BCUT2D eigenvalue weighted by Gasteiger charge is 2.27. The van der Waals surface area contributed by atoms with Crippen LogP contribution < -0.4 is 5.73 Å². The minimum Gasteiger partial charge on any atom is -0.319 e. The number of rotatable bonds is 2. The SMILES string of the molecule is Cc1ccc2nc(C(C)(C)C)c(C(N)c3cccnc3)n2c1. The maximum Gasteiger partial charge on any atom is 0.137 e. The Bertz CT molecular complexity index is 797. The molecular weight excluding hydrogens is 272 g/mol. The molecule has 0 aliphatic heterocycles. The Labute approximate surface area is 131 Å². The third kappa shape index (κ3) is 2.50. The molecule has 4 heteroatoms. The maximum atomic E-state index is 6.57. The van der Waals surface area contributed by atoms with E-state index in [-0.39, 0.29) is 11.5 Å². The second kappa shape index (κ2) is 5.21. The summed E-state index contributed by atoms with van der Waals surface area (Å²) in [6.45, 7) is 8.58. The summed E-state index contributed by atoms with van der Waals surface area (Å²) < 4.78 is 2.12. The molecule has 114 valence electrons. The number of aromatic nitrogens is 3. The summed E-state index contributed by atoms with van der Waals surface area (Å²) in [5.41, 5.74) is 11.7. The molecule has 0 aliphatic carbocycles. The van der Waals surface area contributed by atoms with Crippen molar-refractivity contribution in [1.82, 2.24) is 14.4 Å². The number of hydrogen-bond donors (Lipinski definition) is 1. The number of hydrogen-bond acceptors (Lipinski definition) is 3. The van der Waals surface area contributed by atoms with E-state index in [4.69, 9.17) is 10.7 Å². The quantitative estimate of drug-likeness (QED) is 0.788. The minimum atomic E-state index is -0.250. The van der Waals surface area contributed by atoms with E-state index in [1.807, 2.05) is 24.4 Å². The van der Waals surface area contributed by atoms with E-state index < -0.39 is 0 Å². The van der Waals surface area contributed by atoms with E-state index in [0.29, 0.717) is 0 Å². The molecule has 0 aliphatic rings. The Hall–Kier alpha value is -2.20. The van der Waals surface area contributed by atoms with Crippen molar-refractivity contribution < 1.29 is 0 Å². The minimum absolute atomic E-state index is 0.0743. The van der Waals surface area contributed by atoms with Crippen molar-refractivity contribution in [3.8, 4) is 0 Å². The first-order valence-electron chi connectivity index (χ1n) is 7.52. The first kappa shape index (κ1) is 14.7. The van der Waals surface area contributed by atoms with E-state index in [1.54, 1.807) is 6.20 Å². The Morgan fingerprint density at radius 2 is 1.95 bits per heavy atom. The van der Waals surface area contributed by atoms with Gasteiger partial charge < -0.3 is 10.1 Å². The van der Waals surface area contributed by atoms with Crippen molar-refractivity contribution >= 4 is 5.65 Å². The number of pyridine rings is 2. The smallest absolute Gasteiger partial charge is 0.137 e. The fourth-order valence-corrected chi connectivity index (χ4v) is 2.74. The fourth-order valence-electron chi connectivity index (χ4n) is 2.74. The lowest BCUT2D eigenvalue weighted by molar-refractivity contribution is 0.558. The number of aryl methyl sites for hydroxylation is 1.